The van der Waals surface area contributed by atoms with Crippen molar-refractivity contribution < 1.29 is 14.5 Å². The van der Waals surface area contributed by atoms with Crippen LogP contribution in [-0.2, 0) is 9.53 Å². The highest BCUT2D eigenvalue weighted by Gasteiger charge is 2.33. The van der Waals surface area contributed by atoms with E-state index in [1.165, 1.54) is 46.5 Å². The summed E-state index contributed by atoms with van der Waals surface area (Å²) in [5.74, 6) is -0.528. The topological polar surface area (TPSA) is 104 Å². The number of allylic oxidation sites excluding steroid dienone is 1. The van der Waals surface area contributed by atoms with E-state index in [9.17, 15) is 19.7 Å². The van der Waals surface area contributed by atoms with E-state index in [2.05, 4.69) is 4.99 Å². The number of hydrogen-bond acceptors (Lipinski definition) is 8. The molecule has 1 atom stereocenters. The van der Waals surface area contributed by atoms with E-state index in [0.717, 1.165) is 4.88 Å². The molecule has 3 heterocycles. The van der Waals surface area contributed by atoms with E-state index < -0.39 is 16.9 Å². The van der Waals surface area contributed by atoms with Crippen LogP contribution in [0.5, 0.6) is 0 Å². The maximum absolute atomic E-state index is 13.3. The Morgan fingerprint density at radius 3 is 2.63 bits per heavy atom. The fraction of sp³-hybridized carbons (Fsp3) is 0.150. The first-order chi connectivity index (χ1) is 14.4. The van der Waals surface area contributed by atoms with Crippen molar-refractivity contribution in [2.24, 2.45) is 4.99 Å². The number of rotatable bonds is 4. The Hall–Kier alpha value is -3.37. The van der Waals surface area contributed by atoms with Gasteiger partial charge < -0.3 is 4.74 Å². The molecule has 30 heavy (non-hydrogen) atoms. The molecule has 0 fully saturated rings. The maximum atomic E-state index is 13.3. The fourth-order valence-electron chi connectivity index (χ4n) is 3.25. The number of thiazole rings is 1. The molecule has 0 saturated carbocycles. The van der Waals surface area contributed by atoms with Crippen LogP contribution in [0.1, 0.15) is 23.4 Å². The van der Waals surface area contributed by atoms with Crippen molar-refractivity contribution in [2.45, 2.75) is 13.0 Å². The number of hydrogen-bond donors (Lipinski definition) is 0. The molecule has 4 rings (SSSR count). The van der Waals surface area contributed by atoms with Crippen molar-refractivity contribution in [2.75, 3.05) is 7.11 Å². The average molecular weight is 441 g/mol. The lowest BCUT2D eigenvalue weighted by Crippen LogP contribution is -2.39. The Balaban J connectivity index is 1.90. The van der Waals surface area contributed by atoms with Crippen LogP contribution in [0.2, 0.25) is 0 Å². The van der Waals surface area contributed by atoms with Crippen molar-refractivity contribution in [1.82, 2.24) is 4.57 Å². The van der Waals surface area contributed by atoms with Gasteiger partial charge in [-0.2, -0.15) is 0 Å². The molecule has 0 saturated heterocycles. The largest absolute Gasteiger partial charge is 0.466 e. The molecule has 0 bridgehead atoms. The summed E-state index contributed by atoms with van der Waals surface area (Å²) in [6.07, 6.45) is 1.66. The van der Waals surface area contributed by atoms with Gasteiger partial charge >= 0.3 is 5.97 Å². The van der Waals surface area contributed by atoms with Gasteiger partial charge in [-0.3, -0.25) is 19.5 Å². The number of thiophene rings is 1. The summed E-state index contributed by atoms with van der Waals surface area (Å²) >= 11 is 2.65. The van der Waals surface area contributed by atoms with Crippen LogP contribution in [0.25, 0.3) is 6.08 Å². The zero-order valence-corrected chi connectivity index (χ0v) is 17.5. The minimum absolute atomic E-state index is 0.0235. The second-order valence-corrected chi connectivity index (χ2v) is 8.43. The molecule has 2 aromatic heterocycles. The van der Waals surface area contributed by atoms with Gasteiger partial charge in [0, 0.05) is 17.0 Å². The van der Waals surface area contributed by atoms with Gasteiger partial charge in [-0.15, -0.1) is 11.3 Å². The van der Waals surface area contributed by atoms with Crippen LogP contribution in [0.4, 0.5) is 5.69 Å². The number of nitrogens with zero attached hydrogens (tertiary/aromatic N) is 3. The molecule has 1 aromatic carbocycles. The third kappa shape index (κ3) is 3.40. The standard InChI is InChI=1S/C20H15N3O5S2/c1-11-16(19(25)28-2)17(14-4-3-9-29-14)22-18(24)15(30-20(22)21-11)10-12-5-7-13(8-6-12)23(26)27/h3-10,17H,1-2H3/b15-10+/t17-/m0/s1. The number of carbonyl (C=O) groups excluding carboxylic acids is 1. The zero-order valence-electron chi connectivity index (χ0n) is 15.9. The van der Waals surface area contributed by atoms with Crippen molar-refractivity contribution in [3.63, 3.8) is 0 Å². The van der Waals surface area contributed by atoms with Gasteiger partial charge in [0.1, 0.15) is 6.04 Å². The Bertz CT molecular complexity index is 1350. The predicted molar refractivity (Wildman–Crippen MR) is 113 cm³/mol. The van der Waals surface area contributed by atoms with Crippen molar-refractivity contribution in [3.05, 3.63) is 93.3 Å². The van der Waals surface area contributed by atoms with E-state index >= 15 is 0 Å². The molecule has 0 aliphatic carbocycles. The number of benzene rings is 1. The Morgan fingerprint density at radius 2 is 2.03 bits per heavy atom. The first kappa shape index (κ1) is 19.9. The summed E-state index contributed by atoms with van der Waals surface area (Å²) in [5, 5.41) is 12.7. The lowest BCUT2D eigenvalue weighted by Gasteiger charge is -2.22. The number of esters is 1. The van der Waals surface area contributed by atoms with Gasteiger partial charge in [0.05, 0.1) is 27.8 Å². The summed E-state index contributed by atoms with van der Waals surface area (Å²) in [6, 6.07) is 9.04. The third-order valence-corrected chi connectivity index (χ3v) is 6.55. The van der Waals surface area contributed by atoms with Gasteiger partial charge in [-0.1, -0.05) is 17.4 Å². The summed E-state index contributed by atoms with van der Waals surface area (Å²) < 4.78 is 6.88. The summed E-state index contributed by atoms with van der Waals surface area (Å²) in [6.45, 7) is 1.72. The molecule has 0 spiro atoms. The number of nitro benzene ring substituents is 1. The quantitative estimate of drug-likeness (QED) is 0.351. The summed E-state index contributed by atoms with van der Waals surface area (Å²) in [5.41, 5.74) is 1.18. The molecule has 1 aliphatic heterocycles. The molecule has 8 nitrogen and oxygen atoms in total. The predicted octanol–water partition coefficient (Wildman–Crippen LogP) is 2.38. The number of aromatic nitrogens is 1. The molecule has 1 aliphatic rings. The summed E-state index contributed by atoms with van der Waals surface area (Å²) in [7, 11) is 1.30. The minimum Gasteiger partial charge on any atom is -0.466 e. The van der Waals surface area contributed by atoms with Crippen LogP contribution >= 0.6 is 22.7 Å². The van der Waals surface area contributed by atoms with Crippen LogP contribution < -0.4 is 14.9 Å². The molecular weight excluding hydrogens is 426 g/mol. The Kier molecular flexibility index (Phi) is 5.18. The number of ether oxygens (including phenoxy) is 1. The van der Waals surface area contributed by atoms with Crippen molar-refractivity contribution >= 4 is 40.4 Å². The average Bonchev–Trinajstić information content (AvgIpc) is 3.36. The highest BCUT2D eigenvalue weighted by molar-refractivity contribution is 7.10. The number of fused-ring (bicyclic) bond motifs is 1. The molecule has 0 radical (unpaired) electrons. The Morgan fingerprint density at radius 1 is 1.30 bits per heavy atom. The third-order valence-electron chi connectivity index (χ3n) is 4.64. The minimum atomic E-state index is -0.618. The second kappa shape index (κ2) is 7.81. The van der Waals surface area contributed by atoms with Crippen molar-refractivity contribution in [3.8, 4) is 0 Å². The van der Waals surface area contributed by atoms with Gasteiger partial charge in [-0.25, -0.2) is 9.79 Å². The molecule has 3 aromatic rings. The molecule has 152 valence electrons. The molecule has 0 N–H and O–H groups in total. The SMILES string of the molecule is COC(=O)C1=C(C)N=c2s/c(=C/c3ccc([N+](=O)[O-])cc3)c(=O)n2[C@H]1c1cccs1. The van der Waals surface area contributed by atoms with E-state index in [1.807, 2.05) is 17.5 Å². The highest BCUT2D eigenvalue weighted by Crippen LogP contribution is 2.32. The van der Waals surface area contributed by atoms with Crippen molar-refractivity contribution in [1.29, 1.82) is 0 Å². The van der Waals surface area contributed by atoms with E-state index in [-0.39, 0.29) is 11.2 Å². The van der Waals surface area contributed by atoms with Crippen LogP contribution in [0.15, 0.2) is 62.8 Å². The summed E-state index contributed by atoms with van der Waals surface area (Å²) in [4.78, 5) is 41.9. The van der Waals surface area contributed by atoms with Crippen LogP contribution in [0, 0.1) is 10.1 Å². The number of carbonyl (C=O) groups is 1. The van der Waals surface area contributed by atoms with Gasteiger partial charge in [-0.05, 0) is 42.1 Å². The first-order valence-electron chi connectivity index (χ1n) is 8.79. The Labute approximate surface area is 177 Å². The van der Waals surface area contributed by atoms with Gasteiger partial charge in [0.15, 0.2) is 4.80 Å². The smallest absolute Gasteiger partial charge is 0.338 e. The lowest BCUT2D eigenvalue weighted by atomic mass is 10.0. The fourth-order valence-corrected chi connectivity index (χ4v) is 5.12. The maximum Gasteiger partial charge on any atom is 0.338 e. The molecule has 0 unspecified atom stereocenters. The molecule has 10 heteroatoms. The second-order valence-electron chi connectivity index (χ2n) is 6.44. The van der Waals surface area contributed by atoms with E-state index in [0.29, 0.717) is 26.2 Å². The van der Waals surface area contributed by atoms with E-state index in [4.69, 9.17) is 4.74 Å². The van der Waals surface area contributed by atoms with Gasteiger partial charge in [0.25, 0.3) is 11.2 Å². The normalized spacial score (nSPS) is 16.2. The van der Waals surface area contributed by atoms with Crippen LogP contribution in [-0.4, -0.2) is 22.6 Å². The number of non-ortho nitro benzene ring substituents is 1. The van der Waals surface area contributed by atoms with Gasteiger partial charge in [0.2, 0.25) is 0 Å². The lowest BCUT2D eigenvalue weighted by molar-refractivity contribution is -0.384. The monoisotopic (exact) mass is 441 g/mol. The first-order valence-corrected chi connectivity index (χ1v) is 10.5. The molecular formula is C20H15N3O5S2. The van der Waals surface area contributed by atoms with E-state index in [1.54, 1.807) is 25.1 Å². The zero-order chi connectivity index (χ0) is 21.4. The van der Waals surface area contributed by atoms with Crippen LogP contribution in [0.3, 0.4) is 0 Å². The molecule has 0 amide bonds. The number of nitro groups is 1. The number of methoxy groups -OCH3 is 1. The highest BCUT2D eigenvalue weighted by atomic mass is 32.1.